The Kier molecular flexibility index (Phi) is 5.82. The van der Waals surface area contributed by atoms with Gasteiger partial charge in [0.25, 0.3) is 0 Å². The molecule has 174 valence electrons. The summed E-state index contributed by atoms with van der Waals surface area (Å²) in [5.74, 6) is 3.57. The third kappa shape index (κ3) is 4.27. The van der Waals surface area contributed by atoms with Gasteiger partial charge in [0.2, 0.25) is 0 Å². The van der Waals surface area contributed by atoms with E-state index in [1.807, 2.05) is 35.6 Å². The van der Waals surface area contributed by atoms with Crippen molar-refractivity contribution >= 4 is 27.4 Å². The molecule has 33 heavy (non-hydrogen) atoms. The lowest BCUT2D eigenvalue weighted by molar-refractivity contribution is 0.0331. The zero-order valence-electron chi connectivity index (χ0n) is 19.1. The number of rotatable bonds is 5. The Morgan fingerprint density at radius 3 is 2.79 bits per heavy atom. The van der Waals surface area contributed by atoms with Crippen LogP contribution in [0.25, 0.3) is 10.2 Å². The number of morpholine rings is 1. The largest absolute Gasteiger partial charge is 0.486 e. The van der Waals surface area contributed by atoms with Crippen molar-refractivity contribution in [2.24, 2.45) is 0 Å². The zero-order valence-corrected chi connectivity index (χ0v) is 19.9. The molecule has 0 saturated carbocycles. The lowest BCUT2D eigenvalue weighted by Crippen LogP contribution is -2.40. The van der Waals surface area contributed by atoms with Gasteiger partial charge in [0.05, 0.1) is 31.7 Å². The monoisotopic (exact) mass is 466 g/mol. The second kappa shape index (κ2) is 9.08. The van der Waals surface area contributed by atoms with E-state index in [0.29, 0.717) is 13.2 Å². The fourth-order valence-corrected chi connectivity index (χ4v) is 6.31. The number of likely N-dealkylation sites (N-methyl/N-ethyl adjacent to an activating group) is 1. The van der Waals surface area contributed by atoms with Crippen LogP contribution in [0.4, 0.5) is 5.82 Å². The van der Waals surface area contributed by atoms with E-state index in [0.717, 1.165) is 73.7 Å². The van der Waals surface area contributed by atoms with Crippen molar-refractivity contribution in [3.05, 3.63) is 40.5 Å². The van der Waals surface area contributed by atoms with Crippen molar-refractivity contribution in [1.82, 2.24) is 14.9 Å². The molecule has 0 N–H and O–H groups in total. The highest BCUT2D eigenvalue weighted by Gasteiger charge is 2.27. The number of hydrogen-bond donors (Lipinski definition) is 0. The van der Waals surface area contributed by atoms with Gasteiger partial charge in [-0.3, -0.25) is 4.90 Å². The number of hydrogen-bond acceptors (Lipinski definition) is 8. The van der Waals surface area contributed by atoms with Crippen LogP contribution in [0.15, 0.2) is 24.3 Å². The highest BCUT2D eigenvalue weighted by Crippen LogP contribution is 2.40. The topological polar surface area (TPSA) is 60.0 Å². The number of benzene rings is 1. The lowest BCUT2D eigenvalue weighted by atomic mass is 9.97. The fourth-order valence-electron chi connectivity index (χ4n) is 5.03. The van der Waals surface area contributed by atoms with Crippen LogP contribution in [-0.2, 0) is 24.1 Å². The van der Waals surface area contributed by atoms with Gasteiger partial charge in [-0.25, -0.2) is 9.97 Å². The normalized spacial score (nSPS) is 20.6. The summed E-state index contributed by atoms with van der Waals surface area (Å²) in [5.41, 5.74) is 1.46. The third-order valence-electron chi connectivity index (χ3n) is 6.72. The molecule has 3 aromatic rings. The van der Waals surface area contributed by atoms with Crippen molar-refractivity contribution in [2.75, 3.05) is 51.4 Å². The molecule has 1 aliphatic carbocycles. The summed E-state index contributed by atoms with van der Waals surface area (Å²) in [6.07, 6.45) is 4.75. The number of aromatic nitrogens is 2. The van der Waals surface area contributed by atoms with Crippen LogP contribution < -0.4 is 14.4 Å². The average Bonchev–Trinajstić information content (AvgIpc) is 3.22. The number of anilines is 1. The minimum Gasteiger partial charge on any atom is -0.486 e. The van der Waals surface area contributed by atoms with Gasteiger partial charge >= 0.3 is 0 Å². The first-order chi connectivity index (χ1) is 16.2. The van der Waals surface area contributed by atoms with Crippen LogP contribution in [0.2, 0.25) is 0 Å². The van der Waals surface area contributed by atoms with E-state index in [4.69, 9.17) is 24.2 Å². The quantitative estimate of drug-likeness (QED) is 0.569. The van der Waals surface area contributed by atoms with Gasteiger partial charge in [-0.05, 0) is 43.4 Å². The summed E-state index contributed by atoms with van der Waals surface area (Å²) in [6.45, 7) is 5.44. The molecule has 7 nitrogen and oxygen atoms in total. The summed E-state index contributed by atoms with van der Waals surface area (Å²) >= 11 is 1.87. The SMILES string of the molecule is CN(CC1COc2ccccc2O1)c1nc(CN2CCOCC2)nc2sc3c(c12)CCCC3. The highest BCUT2D eigenvalue weighted by atomic mass is 32.1. The number of aryl methyl sites for hydroxylation is 2. The summed E-state index contributed by atoms with van der Waals surface area (Å²) in [4.78, 5) is 17.4. The molecule has 0 spiro atoms. The molecule has 8 heteroatoms. The van der Waals surface area contributed by atoms with Crippen LogP contribution in [0.3, 0.4) is 0 Å². The molecule has 0 amide bonds. The number of thiophene rings is 1. The number of para-hydroxylation sites is 2. The molecule has 6 rings (SSSR count). The summed E-state index contributed by atoms with van der Waals surface area (Å²) in [5, 5.41) is 1.25. The molecular formula is C25H30N4O3S. The second-order valence-electron chi connectivity index (χ2n) is 9.12. The minimum atomic E-state index is -0.0490. The van der Waals surface area contributed by atoms with Gasteiger partial charge in [-0.15, -0.1) is 11.3 Å². The van der Waals surface area contributed by atoms with E-state index >= 15 is 0 Å². The first kappa shape index (κ1) is 21.1. The highest BCUT2D eigenvalue weighted by molar-refractivity contribution is 7.19. The molecule has 1 saturated heterocycles. The molecular weight excluding hydrogens is 436 g/mol. The predicted octanol–water partition coefficient (Wildman–Crippen LogP) is 3.68. The second-order valence-corrected chi connectivity index (χ2v) is 10.2. The first-order valence-electron chi connectivity index (χ1n) is 12.0. The van der Waals surface area contributed by atoms with Crippen molar-refractivity contribution in [3.8, 4) is 11.5 Å². The fraction of sp³-hybridized carbons (Fsp3) is 0.520. The molecule has 4 heterocycles. The summed E-state index contributed by atoms with van der Waals surface area (Å²) < 4.78 is 17.7. The Bertz CT molecular complexity index is 1140. The minimum absolute atomic E-state index is 0.0490. The zero-order chi connectivity index (χ0) is 22.2. The Balaban J connectivity index is 1.31. The van der Waals surface area contributed by atoms with E-state index in [9.17, 15) is 0 Å². The van der Waals surface area contributed by atoms with Crippen LogP contribution >= 0.6 is 11.3 Å². The summed E-state index contributed by atoms with van der Waals surface area (Å²) in [7, 11) is 2.12. The smallest absolute Gasteiger partial charge is 0.161 e. The van der Waals surface area contributed by atoms with Crippen LogP contribution in [0, 0.1) is 0 Å². The third-order valence-corrected chi connectivity index (χ3v) is 7.90. The molecule has 1 atom stereocenters. The Morgan fingerprint density at radius 2 is 1.91 bits per heavy atom. The Morgan fingerprint density at radius 1 is 1.09 bits per heavy atom. The van der Waals surface area contributed by atoms with Crippen molar-refractivity contribution < 1.29 is 14.2 Å². The van der Waals surface area contributed by atoms with Crippen molar-refractivity contribution in [2.45, 2.75) is 38.3 Å². The van der Waals surface area contributed by atoms with Gasteiger partial charge in [0, 0.05) is 25.0 Å². The number of fused-ring (bicyclic) bond motifs is 4. The van der Waals surface area contributed by atoms with Gasteiger partial charge in [-0.2, -0.15) is 0 Å². The van der Waals surface area contributed by atoms with E-state index < -0.39 is 0 Å². The van der Waals surface area contributed by atoms with Gasteiger partial charge in [0.1, 0.15) is 23.1 Å². The van der Waals surface area contributed by atoms with Gasteiger partial charge < -0.3 is 19.1 Å². The maximum atomic E-state index is 6.25. The van der Waals surface area contributed by atoms with Crippen molar-refractivity contribution in [1.29, 1.82) is 0 Å². The predicted molar refractivity (Wildman–Crippen MR) is 130 cm³/mol. The Labute approximate surface area is 198 Å². The maximum Gasteiger partial charge on any atom is 0.161 e. The Hall–Kier alpha value is -2.42. The maximum absolute atomic E-state index is 6.25. The van der Waals surface area contributed by atoms with Crippen LogP contribution in [0.5, 0.6) is 11.5 Å². The lowest BCUT2D eigenvalue weighted by Gasteiger charge is -2.31. The van der Waals surface area contributed by atoms with Crippen LogP contribution in [0.1, 0.15) is 29.1 Å². The number of ether oxygens (including phenoxy) is 3. The van der Waals surface area contributed by atoms with Crippen LogP contribution in [-0.4, -0.2) is 67.5 Å². The molecule has 1 fully saturated rings. The summed E-state index contributed by atoms with van der Waals surface area (Å²) in [6, 6.07) is 7.89. The molecule has 1 unspecified atom stereocenters. The number of nitrogens with zero attached hydrogens (tertiary/aromatic N) is 4. The molecule has 2 aromatic heterocycles. The van der Waals surface area contributed by atoms with E-state index in [2.05, 4.69) is 16.8 Å². The molecule has 0 radical (unpaired) electrons. The molecule has 3 aliphatic rings. The van der Waals surface area contributed by atoms with Gasteiger partial charge in [0.15, 0.2) is 17.6 Å². The molecule has 2 aliphatic heterocycles. The van der Waals surface area contributed by atoms with Crippen molar-refractivity contribution in [3.63, 3.8) is 0 Å². The first-order valence-corrected chi connectivity index (χ1v) is 12.8. The van der Waals surface area contributed by atoms with Gasteiger partial charge in [-0.1, -0.05) is 12.1 Å². The molecule has 0 bridgehead atoms. The molecule has 1 aromatic carbocycles. The van der Waals surface area contributed by atoms with E-state index in [1.54, 1.807) is 0 Å². The standard InChI is InChI=1S/C25H30N4O3S/c1-28(14-17-16-31-19-7-3-4-8-20(19)32-17)24-23-18-6-2-5-9-21(18)33-25(23)27-22(26-24)15-29-10-12-30-13-11-29/h3-4,7-8,17H,2,5-6,9-16H2,1H3. The van der Waals surface area contributed by atoms with E-state index in [1.165, 1.54) is 28.7 Å². The average molecular weight is 467 g/mol. The van der Waals surface area contributed by atoms with E-state index in [-0.39, 0.29) is 6.10 Å².